The summed E-state index contributed by atoms with van der Waals surface area (Å²) >= 11 is 0. The summed E-state index contributed by atoms with van der Waals surface area (Å²) in [6.07, 6.45) is 1.64. The second kappa shape index (κ2) is 7.97. The minimum absolute atomic E-state index is 0.164. The van der Waals surface area contributed by atoms with E-state index in [0.717, 1.165) is 25.1 Å². The number of carbonyl (C=O) groups is 1. The number of aliphatic hydroxyl groups excluding tert-OH is 1. The summed E-state index contributed by atoms with van der Waals surface area (Å²) in [5.41, 5.74) is 6.39. The normalized spacial score (nSPS) is 19.4. The second-order valence-corrected chi connectivity index (χ2v) is 5.15. The topological polar surface area (TPSA) is 93.8 Å². The van der Waals surface area contributed by atoms with Crippen LogP contribution in [0, 0.1) is 0 Å². The molecule has 1 aromatic carbocycles. The van der Waals surface area contributed by atoms with Gasteiger partial charge in [0.05, 0.1) is 25.4 Å². The molecule has 0 spiro atoms. The third-order valence-electron chi connectivity index (χ3n) is 3.33. The van der Waals surface area contributed by atoms with Crippen molar-refractivity contribution >= 4 is 11.6 Å². The van der Waals surface area contributed by atoms with Gasteiger partial charge in [-0.3, -0.25) is 4.79 Å². The summed E-state index contributed by atoms with van der Waals surface area (Å²) in [5, 5.41) is 12.9. The van der Waals surface area contributed by atoms with Gasteiger partial charge in [-0.15, -0.1) is 0 Å². The molecule has 1 aliphatic heterocycles. The first-order valence-corrected chi connectivity index (χ1v) is 7.16. The van der Waals surface area contributed by atoms with Gasteiger partial charge in [0.25, 0.3) is 0 Å². The van der Waals surface area contributed by atoms with E-state index in [4.69, 9.17) is 15.2 Å². The smallest absolute Gasteiger partial charge is 0.248 e. The molecule has 6 heteroatoms. The highest BCUT2D eigenvalue weighted by atomic mass is 16.5. The predicted molar refractivity (Wildman–Crippen MR) is 79.2 cm³/mol. The molecule has 0 bridgehead atoms. The number of hydrogen-bond donors (Lipinski definition) is 3. The van der Waals surface area contributed by atoms with E-state index in [-0.39, 0.29) is 12.7 Å². The Hall–Kier alpha value is -1.63. The van der Waals surface area contributed by atoms with Gasteiger partial charge in [0, 0.05) is 24.4 Å². The van der Waals surface area contributed by atoms with Gasteiger partial charge in [-0.1, -0.05) is 6.07 Å². The highest BCUT2D eigenvalue weighted by molar-refractivity contribution is 5.93. The average molecular weight is 294 g/mol. The van der Waals surface area contributed by atoms with E-state index in [2.05, 4.69) is 5.32 Å². The van der Waals surface area contributed by atoms with Crippen LogP contribution in [0.15, 0.2) is 24.3 Å². The fourth-order valence-electron chi connectivity index (χ4n) is 2.19. The molecule has 0 saturated carbocycles. The Bertz CT molecular complexity index is 461. The quantitative estimate of drug-likeness (QED) is 0.658. The summed E-state index contributed by atoms with van der Waals surface area (Å²) in [4.78, 5) is 11.1. The number of primary amides is 1. The maximum Gasteiger partial charge on any atom is 0.248 e. The first-order valence-electron chi connectivity index (χ1n) is 7.16. The predicted octanol–water partition coefficient (Wildman–Crippen LogP) is 0.754. The van der Waals surface area contributed by atoms with Crippen LogP contribution in [0.5, 0.6) is 0 Å². The molecule has 6 nitrogen and oxygen atoms in total. The molecule has 21 heavy (non-hydrogen) atoms. The molecule has 2 atom stereocenters. The van der Waals surface area contributed by atoms with Crippen molar-refractivity contribution in [2.45, 2.75) is 25.0 Å². The SMILES string of the molecule is NC(=O)c1cccc(NCC(O)COCC2CCCO2)c1. The van der Waals surface area contributed by atoms with E-state index in [1.165, 1.54) is 0 Å². The standard InChI is InChI=1S/C15H22N2O4/c16-15(19)11-3-1-4-12(7-11)17-8-13(18)9-20-10-14-5-2-6-21-14/h1,3-4,7,13-14,17-18H,2,5-6,8-10H2,(H2,16,19). The van der Waals surface area contributed by atoms with Gasteiger partial charge in [0.1, 0.15) is 0 Å². The Morgan fingerprint density at radius 1 is 1.57 bits per heavy atom. The number of anilines is 1. The van der Waals surface area contributed by atoms with Gasteiger partial charge in [-0.25, -0.2) is 0 Å². The third-order valence-corrected chi connectivity index (χ3v) is 3.33. The third kappa shape index (κ3) is 5.34. The van der Waals surface area contributed by atoms with Crippen molar-refractivity contribution in [2.75, 3.05) is 31.7 Å². The number of aliphatic hydroxyl groups is 1. The molecule has 2 rings (SSSR count). The van der Waals surface area contributed by atoms with E-state index < -0.39 is 12.0 Å². The monoisotopic (exact) mass is 294 g/mol. The summed E-state index contributed by atoms with van der Waals surface area (Å²) in [6, 6.07) is 6.85. The fraction of sp³-hybridized carbons (Fsp3) is 0.533. The first kappa shape index (κ1) is 15.8. The lowest BCUT2D eigenvalue weighted by atomic mass is 10.2. The van der Waals surface area contributed by atoms with Gasteiger partial charge < -0.3 is 25.6 Å². The second-order valence-electron chi connectivity index (χ2n) is 5.15. The van der Waals surface area contributed by atoms with Crippen molar-refractivity contribution < 1.29 is 19.4 Å². The first-order chi connectivity index (χ1) is 10.1. The molecule has 1 aromatic rings. The van der Waals surface area contributed by atoms with Crippen molar-refractivity contribution in [2.24, 2.45) is 5.73 Å². The van der Waals surface area contributed by atoms with Crippen LogP contribution in [0.25, 0.3) is 0 Å². The lowest BCUT2D eigenvalue weighted by Gasteiger charge is -2.15. The van der Waals surface area contributed by atoms with Crippen LogP contribution in [-0.4, -0.2) is 49.6 Å². The van der Waals surface area contributed by atoms with Crippen LogP contribution in [-0.2, 0) is 9.47 Å². The molecule has 1 amide bonds. The van der Waals surface area contributed by atoms with Crippen LogP contribution in [0.1, 0.15) is 23.2 Å². The minimum Gasteiger partial charge on any atom is -0.389 e. The lowest BCUT2D eigenvalue weighted by molar-refractivity contribution is -0.0137. The summed E-state index contributed by atoms with van der Waals surface area (Å²) < 4.78 is 10.9. The largest absolute Gasteiger partial charge is 0.389 e. The average Bonchev–Trinajstić information content (AvgIpc) is 2.99. The molecule has 1 aliphatic rings. The zero-order valence-electron chi connectivity index (χ0n) is 12.0. The summed E-state index contributed by atoms with van der Waals surface area (Å²) in [5.74, 6) is -0.473. The summed E-state index contributed by atoms with van der Waals surface area (Å²) in [6.45, 7) is 1.92. The van der Waals surface area contributed by atoms with Crippen molar-refractivity contribution in [3.8, 4) is 0 Å². The Morgan fingerprint density at radius 2 is 2.43 bits per heavy atom. The fourth-order valence-corrected chi connectivity index (χ4v) is 2.19. The van der Waals surface area contributed by atoms with E-state index >= 15 is 0 Å². The highest BCUT2D eigenvalue weighted by Crippen LogP contribution is 2.12. The van der Waals surface area contributed by atoms with Crippen LogP contribution >= 0.6 is 0 Å². The number of ether oxygens (including phenoxy) is 2. The molecule has 0 radical (unpaired) electrons. The maximum absolute atomic E-state index is 11.1. The van der Waals surface area contributed by atoms with Gasteiger partial charge in [0.2, 0.25) is 5.91 Å². The van der Waals surface area contributed by atoms with E-state index in [9.17, 15) is 9.90 Å². The minimum atomic E-state index is -0.622. The van der Waals surface area contributed by atoms with E-state index in [1.54, 1.807) is 18.2 Å². The van der Waals surface area contributed by atoms with Crippen LogP contribution in [0.2, 0.25) is 0 Å². The van der Waals surface area contributed by atoms with Crippen LogP contribution < -0.4 is 11.1 Å². The number of nitrogens with two attached hydrogens (primary N) is 1. The highest BCUT2D eigenvalue weighted by Gasteiger charge is 2.16. The van der Waals surface area contributed by atoms with Gasteiger partial charge in [-0.05, 0) is 31.0 Å². The molecule has 1 saturated heterocycles. The number of hydrogen-bond acceptors (Lipinski definition) is 5. The van der Waals surface area contributed by atoms with Crippen molar-refractivity contribution in [1.29, 1.82) is 0 Å². The number of rotatable bonds is 8. The molecule has 116 valence electrons. The van der Waals surface area contributed by atoms with Gasteiger partial charge in [-0.2, -0.15) is 0 Å². The number of benzene rings is 1. The van der Waals surface area contributed by atoms with E-state index in [1.807, 2.05) is 6.07 Å². The summed E-state index contributed by atoms with van der Waals surface area (Å²) in [7, 11) is 0. The van der Waals surface area contributed by atoms with Crippen molar-refractivity contribution in [3.05, 3.63) is 29.8 Å². The molecule has 2 unspecified atom stereocenters. The molecule has 0 aliphatic carbocycles. The Balaban J connectivity index is 1.67. The van der Waals surface area contributed by atoms with Crippen molar-refractivity contribution in [3.63, 3.8) is 0 Å². The Morgan fingerprint density at radius 3 is 3.14 bits per heavy atom. The molecule has 1 heterocycles. The molecule has 4 N–H and O–H groups in total. The Kier molecular flexibility index (Phi) is 5.98. The molecule has 1 fully saturated rings. The Labute approximate surface area is 124 Å². The molecular weight excluding hydrogens is 272 g/mol. The molecule has 0 aromatic heterocycles. The van der Waals surface area contributed by atoms with Crippen molar-refractivity contribution in [1.82, 2.24) is 0 Å². The number of carbonyl (C=O) groups excluding carboxylic acids is 1. The number of nitrogens with one attached hydrogen (secondary N) is 1. The van der Waals surface area contributed by atoms with E-state index in [0.29, 0.717) is 18.7 Å². The molecular formula is C15H22N2O4. The number of amides is 1. The van der Waals surface area contributed by atoms with Crippen LogP contribution in [0.4, 0.5) is 5.69 Å². The van der Waals surface area contributed by atoms with Crippen LogP contribution in [0.3, 0.4) is 0 Å². The maximum atomic E-state index is 11.1. The zero-order valence-corrected chi connectivity index (χ0v) is 12.0. The van der Waals surface area contributed by atoms with Gasteiger partial charge >= 0.3 is 0 Å². The van der Waals surface area contributed by atoms with Gasteiger partial charge in [0.15, 0.2) is 0 Å². The zero-order chi connectivity index (χ0) is 15.1. The lowest BCUT2D eigenvalue weighted by Crippen LogP contribution is -2.27.